The van der Waals surface area contributed by atoms with Gasteiger partial charge >= 0.3 is 12.0 Å². The average molecular weight is 377 g/mol. The fourth-order valence-corrected chi connectivity index (χ4v) is 3.64. The Morgan fingerprint density at radius 3 is 2.41 bits per heavy atom. The number of urea groups is 1. The van der Waals surface area contributed by atoms with E-state index in [-0.39, 0.29) is 24.8 Å². The second-order valence-electron chi connectivity index (χ2n) is 7.52. The van der Waals surface area contributed by atoms with Crippen LogP contribution >= 0.6 is 0 Å². The van der Waals surface area contributed by atoms with Crippen LogP contribution in [0, 0.1) is 19.8 Å². The minimum atomic E-state index is -1.01. The van der Waals surface area contributed by atoms with E-state index in [0.29, 0.717) is 23.2 Å². The number of Topliss-reactive ketones (excluding diaryl/α,β-unsaturated/α-hetero) is 1. The Bertz CT molecular complexity index is 796. The van der Waals surface area contributed by atoms with Crippen LogP contribution in [0.5, 0.6) is 0 Å². The van der Waals surface area contributed by atoms with Gasteiger partial charge in [0.25, 0.3) is 5.91 Å². The summed E-state index contributed by atoms with van der Waals surface area (Å²) in [5.74, 6) is -1.16. The second-order valence-corrected chi connectivity index (χ2v) is 7.52. The topological polar surface area (TPSA) is 109 Å². The lowest BCUT2D eigenvalue weighted by molar-refractivity contribution is -0.131. The van der Waals surface area contributed by atoms with E-state index >= 15 is 0 Å². The molecule has 1 aliphatic heterocycles. The number of ether oxygens (including phenoxy) is 1. The molecule has 1 aromatic rings. The molecule has 8 nitrogen and oxygen atoms in total. The van der Waals surface area contributed by atoms with Crippen LogP contribution in [0.25, 0.3) is 0 Å². The monoisotopic (exact) mass is 377 g/mol. The molecule has 1 fully saturated rings. The Morgan fingerprint density at radius 1 is 1.22 bits per heavy atom. The molecule has 1 unspecified atom stereocenters. The first kappa shape index (κ1) is 20.7. The van der Waals surface area contributed by atoms with Crippen LogP contribution in [0.4, 0.5) is 4.79 Å². The van der Waals surface area contributed by atoms with Crippen molar-refractivity contribution in [2.24, 2.45) is 5.92 Å². The number of hydrogen-bond acceptors (Lipinski definition) is 5. The molecule has 2 rings (SSSR count). The predicted molar refractivity (Wildman–Crippen MR) is 98.7 cm³/mol. The van der Waals surface area contributed by atoms with Gasteiger partial charge in [-0.05, 0) is 45.6 Å². The van der Waals surface area contributed by atoms with E-state index < -0.39 is 29.2 Å². The minimum absolute atomic E-state index is 0.205. The molecule has 0 spiro atoms. The van der Waals surface area contributed by atoms with Crippen molar-refractivity contribution < 1.29 is 23.9 Å². The summed E-state index contributed by atoms with van der Waals surface area (Å²) >= 11 is 0. The first-order chi connectivity index (χ1) is 12.5. The van der Waals surface area contributed by atoms with Crippen molar-refractivity contribution >= 4 is 23.7 Å². The number of esters is 1. The molecule has 0 saturated carbocycles. The van der Waals surface area contributed by atoms with Crippen molar-refractivity contribution in [3.8, 4) is 0 Å². The van der Waals surface area contributed by atoms with Gasteiger partial charge in [0.1, 0.15) is 11.2 Å². The Balaban J connectivity index is 2.24. The Labute approximate surface area is 158 Å². The maximum Gasteiger partial charge on any atom is 0.355 e. The summed E-state index contributed by atoms with van der Waals surface area (Å²) in [6, 6.07) is -0.576. The van der Waals surface area contributed by atoms with Gasteiger partial charge in [-0.3, -0.25) is 14.5 Å². The third-order valence-electron chi connectivity index (χ3n) is 4.66. The molecular weight excluding hydrogens is 350 g/mol. The fourth-order valence-electron chi connectivity index (χ4n) is 3.64. The number of carbonyl (C=O) groups excluding carboxylic acids is 4. The second kappa shape index (κ2) is 7.54. The maximum atomic E-state index is 12.8. The molecule has 2 N–H and O–H groups in total. The van der Waals surface area contributed by atoms with E-state index in [9.17, 15) is 19.2 Å². The standard InChI is InChI=1S/C19H27N3O5/c1-7-27-16(24)15-11(4)14(12(5)20-15)13(23)9-22-17(25)19(6,8-10(2)3)21-18(22)26/h10,20H,7-9H2,1-6H3,(H,21,26). The number of H-pyrrole nitrogens is 1. The summed E-state index contributed by atoms with van der Waals surface area (Å²) in [5.41, 5.74) is 0.449. The van der Waals surface area contributed by atoms with Crippen LogP contribution in [0.1, 0.15) is 66.2 Å². The van der Waals surface area contributed by atoms with Gasteiger partial charge in [-0.25, -0.2) is 9.59 Å². The molecule has 27 heavy (non-hydrogen) atoms. The minimum Gasteiger partial charge on any atom is -0.461 e. The van der Waals surface area contributed by atoms with Gasteiger partial charge in [-0.15, -0.1) is 0 Å². The van der Waals surface area contributed by atoms with Crippen molar-refractivity contribution in [3.63, 3.8) is 0 Å². The molecule has 1 saturated heterocycles. The number of nitrogens with zero attached hydrogens (tertiary/aromatic N) is 1. The fraction of sp³-hybridized carbons (Fsp3) is 0.579. The maximum absolute atomic E-state index is 12.8. The lowest BCUT2D eigenvalue weighted by Gasteiger charge is -2.23. The van der Waals surface area contributed by atoms with E-state index in [1.165, 1.54) is 0 Å². The highest BCUT2D eigenvalue weighted by Crippen LogP contribution is 2.26. The number of nitrogens with one attached hydrogen (secondary N) is 2. The SMILES string of the molecule is CCOC(=O)c1[nH]c(C)c(C(=O)CN2C(=O)NC(C)(CC(C)C)C2=O)c1C. The third-order valence-corrected chi connectivity index (χ3v) is 4.66. The van der Waals surface area contributed by atoms with Crippen molar-refractivity contribution in [1.82, 2.24) is 15.2 Å². The zero-order valence-electron chi connectivity index (χ0n) is 16.7. The van der Waals surface area contributed by atoms with Gasteiger partial charge in [-0.1, -0.05) is 13.8 Å². The molecule has 148 valence electrons. The van der Waals surface area contributed by atoms with Crippen LogP contribution < -0.4 is 5.32 Å². The number of hydrogen-bond donors (Lipinski definition) is 2. The van der Waals surface area contributed by atoms with E-state index in [1.807, 2.05) is 13.8 Å². The van der Waals surface area contributed by atoms with Gasteiger partial charge in [-0.2, -0.15) is 0 Å². The molecule has 1 aromatic heterocycles. The normalized spacial score (nSPS) is 19.6. The van der Waals surface area contributed by atoms with Gasteiger partial charge in [0.05, 0.1) is 13.2 Å². The number of carbonyl (C=O) groups is 4. The number of aromatic amines is 1. The van der Waals surface area contributed by atoms with Crippen molar-refractivity contribution in [2.75, 3.05) is 13.2 Å². The van der Waals surface area contributed by atoms with E-state index in [2.05, 4.69) is 10.3 Å². The molecule has 1 atom stereocenters. The Kier molecular flexibility index (Phi) is 5.77. The molecule has 0 aromatic carbocycles. The largest absolute Gasteiger partial charge is 0.461 e. The first-order valence-corrected chi connectivity index (χ1v) is 9.05. The number of imide groups is 1. The molecule has 3 amide bonds. The Morgan fingerprint density at radius 2 is 1.85 bits per heavy atom. The van der Waals surface area contributed by atoms with Gasteiger partial charge in [0.15, 0.2) is 5.78 Å². The molecule has 1 aliphatic rings. The van der Waals surface area contributed by atoms with Gasteiger partial charge in [0.2, 0.25) is 0 Å². The number of ketones is 1. The van der Waals surface area contributed by atoms with Crippen LogP contribution in [-0.4, -0.2) is 52.3 Å². The number of aryl methyl sites for hydroxylation is 1. The van der Waals surface area contributed by atoms with E-state index in [4.69, 9.17) is 4.74 Å². The summed E-state index contributed by atoms with van der Waals surface area (Å²) in [6.07, 6.45) is 0.484. The molecule has 0 bridgehead atoms. The lowest BCUT2D eigenvalue weighted by Crippen LogP contribution is -2.45. The molecule has 0 radical (unpaired) electrons. The molecule has 0 aliphatic carbocycles. The van der Waals surface area contributed by atoms with E-state index in [0.717, 1.165) is 4.90 Å². The average Bonchev–Trinajstić information content (AvgIpc) is 2.95. The summed E-state index contributed by atoms with van der Waals surface area (Å²) in [5, 5.41) is 2.69. The zero-order valence-corrected chi connectivity index (χ0v) is 16.7. The van der Waals surface area contributed by atoms with Crippen LogP contribution in [0.15, 0.2) is 0 Å². The first-order valence-electron chi connectivity index (χ1n) is 9.05. The van der Waals surface area contributed by atoms with Crippen molar-refractivity contribution in [2.45, 2.75) is 53.5 Å². The summed E-state index contributed by atoms with van der Waals surface area (Å²) in [4.78, 5) is 53.6. The molecular formula is C19H27N3O5. The highest BCUT2D eigenvalue weighted by atomic mass is 16.5. The predicted octanol–water partition coefficient (Wildman–Crippen LogP) is 2.35. The Hall–Kier alpha value is -2.64. The van der Waals surface area contributed by atoms with E-state index in [1.54, 1.807) is 27.7 Å². The number of aromatic nitrogens is 1. The van der Waals surface area contributed by atoms with Crippen molar-refractivity contribution in [1.29, 1.82) is 0 Å². The molecule has 8 heteroatoms. The van der Waals surface area contributed by atoms with Crippen LogP contribution in [-0.2, 0) is 9.53 Å². The molecule has 2 heterocycles. The van der Waals surface area contributed by atoms with Crippen molar-refractivity contribution in [3.05, 3.63) is 22.5 Å². The summed E-state index contributed by atoms with van der Waals surface area (Å²) < 4.78 is 4.98. The quantitative estimate of drug-likeness (QED) is 0.431. The van der Waals surface area contributed by atoms with Crippen LogP contribution in [0.2, 0.25) is 0 Å². The highest BCUT2D eigenvalue weighted by Gasteiger charge is 2.48. The smallest absolute Gasteiger partial charge is 0.355 e. The lowest BCUT2D eigenvalue weighted by atomic mass is 9.91. The third kappa shape index (κ3) is 3.89. The van der Waals surface area contributed by atoms with Crippen LogP contribution in [0.3, 0.4) is 0 Å². The summed E-state index contributed by atoms with van der Waals surface area (Å²) in [6.45, 7) is 10.4. The zero-order chi connectivity index (χ0) is 20.5. The van der Waals surface area contributed by atoms with Gasteiger partial charge in [0, 0.05) is 11.3 Å². The number of amides is 3. The highest BCUT2D eigenvalue weighted by molar-refractivity contribution is 6.12. The van der Waals surface area contributed by atoms with Gasteiger partial charge < -0.3 is 15.0 Å². The summed E-state index contributed by atoms with van der Waals surface area (Å²) in [7, 11) is 0. The number of rotatable bonds is 7.